The van der Waals surface area contributed by atoms with E-state index in [9.17, 15) is 9.18 Å². The quantitative estimate of drug-likeness (QED) is 0.840. The van der Waals surface area contributed by atoms with Crippen LogP contribution in [0, 0.1) is 5.82 Å². The van der Waals surface area contributed by atoms with Gasteiger partial charge in [0.25, 0.3) is 5.91 Å². The van der Waals surface area contributed by atoms with Gasteiger partial charge in [-0.1, -0.05) is 18.2 Å². The minimum atomic E-state index is -0.522. The van der Waals surface area contributed by atoms with E-state index < -0.39 is 5.82 Å². The van der Waals surface area contributed by atoms with Gasteiger partial charge in [0.05, 0.1) is 7.11 Å². The van der Waals surface area contributed by atoms with Crippen LogP contribution in [0.2, 0.25) is 0 Å². The second-order valence-corrected chi connectivity index (χ2v) is 4.68. The number of benzene rings is 2. The molecule has 3 rings (SSSR count). The van der Waals surface area contributed by atoms with Crippen LogP contribution in [0.25, 0.3) is 0 Å². The Bertz CT molecular complexity index is 669. The first-order valence-electron chi connectivity index (χ1n) is 6.44. The van der Waals surface area contributed by atoms with Gasteiger partial charge in [-0.25, -0.2) is 4.39 Å². The standard InChI is InChI=1S/C16H14FNO2/c1-20-15-7-6-12(10-13(15)17)16(19)18-9-8-11-4-2-3-5-14(11)18/h2-7,10H,8-9H2,1H3. The molecule has 1 amide bonds. The SMILES string of the molecule is COc1ccc(C(=O)N2CCc3ccccc32)cc1F. The summed E-state index contributed by atoms with van der Waals surface area (Å²) >= 11 is 0. The molecule has 1 heterocycles. The summed E-state index contributed by atoms with van der Waals surface area (Å²) in [5, 5.41) is 0. The van der Waals surface area contributed by atoms with Gasteiger partial charge in [-0.05, 0) is 36.2 Å². The number of carbonyl (C=O) groups is 1. The zero-order chi connectivity index (χ0) is 14.1. The second-order valence-electron chi connectivity index (χ2n) is 4.68. The van der Waals surface area contributed by atoms with Crippen LogP contribution in [0.3, 0.4) is 0 Å². The molecule has 0 spiro atoms. The highest BCUT2D eigenvalue weighted by Gasteiger charge is 2.25. The van der Waals surface area contributed by atoms with Crippen molar-refractivity contribution in [2.45, 2.75) is 6.42 Å². The smallest absolute Gasteiger partial charge is 0.258 e. The monoisotopic (exact) mass is 271 g/mol. The summed E-state index contributed by atoms with van der Waals surface area (Å²) < 4.78 is 18.6. The van der Waals surface area contributed by atoms with Crippen LogP contribution >= 0.6 is 0 Å². The number of rotatable bonds is 2. The molecule has 0 aliphatic carbocycles. The summed E-state index contributed by atoms with van der Waals surface area (Å²) in [6, 6.07) is 12.1. The first-order chi connectivity index (χ1) is 9.70. The van der Waals surface area contributed by atoms with Gasteiger partial charge in [0.2, 0.25) is 0 Å². The molecule has 102 valence electrons. The fourth-order valence-corrected chi connectivity index (χ4v) is 2.50. The van der Waals surface area contributed by atoms with Gasteiger partial charge in [-0.2, -0.15) is 0 Å². The highest BCUT2D eigenvalue weighted by Crippen LogP contribution is 2.29. The van der Waals surface area contributed by atoms with Gasteiger partial charge < -0.3 is 9.64 Å². The van der Waals surface area contributed by atoms with Crippen LogP contribution in [0.1, 0.15) is 15.9 Å². The summed E-state index contributed by atoms with van der Waals surface area (Å²) in [4.78, 5) is 14.2. The third-order valence-corrected chi connectivity index (χ3v) is 3.53. The van der Waals surface area contributed by atoms with Gasteiger partial charge in [-0.15, -0.1) is 0 Å². The van der Waals surface area contributed by atoms with Crippen molar-refractivity contribution in [2.75, 3.05) is 18.6 Å². The minimum absolute atomic E-state index is 0.142. The third-order valence-electron chi connectivity index (χ3n) is 3.53. The Morgan fingerprint density at radius 1 is 1.25 bits per heavy atom. The fourth-order valence-electron chi connectivity index (χ4n) is 2.50. The predicted octanol–water partition coefficient (Wildman–Crippen LogP) is 3.04. The molecule has 0 saturated carbocycles. The van der Waals surface area contributed by atoms with E-state index in [4.69, 9.17) is 4.74 Å². The van der Waals surface area contributed by atoms with Crippen molar-refractivity contribution in [1.29, 1.82) is 0 Å². The fraction of sp³-hybridized carbons (Fsp3) is 0.188. The maximum atomic E-state index is 13.7. The number of hydrogen-bond acceptors (Lipinski definition) is 2. The average molecular weight is 271 g/mol. The topological polar surface area (TPSA) is 29.5 Å². The van der Waals surface area contributed by atoms with E-state index in [-0.39, 0.29) is 11.7 Å². The van der Waals surface area contributed by atoms with Gasteiger partial charge >= 0.3 is 0 Å². The number of amides is 1. The zero-order valence-corrected chi connectivity index (χ0v) is 11.1. The maximum Gasteiger partial charge on any atom is 0.258 e. The lowest BCUT2D eigenvalue weighted by Gasteiger charge is -2.17. The summed E-state index contributed by atoms with van der Waals surface area (Å²) in [5.41, 5.74) is 2.39. The minimum Gasteiger partial charge on any atom is -0.494 e. The molecule has 0 unspecified atom stereocenters. The van der Waals surface area contributed by atoms with Gasteiger partial charge in [0, 0.05) is 17.8 Å². The van der Waals surface area contributed by atoms with Gasteiger partial charge in [-0.3, -0.25) is 4.79 Å². The number of fused-ring (bicyclic) bond motifs is 1. The maximum absolute atomic E-state index is 13.7. The molecule has 0 saturated heterocycles. The molecule has 3 nitrogen and oxygen atoms in total. The molecule has 0 fully saturated rings. The van der Waals surface area contributed by atoms with Gasteiger partial charge in [0.1, 0.15) is 0 Å². The molecule has 1 aliphatic heterocycles. The van der Waals surface area contributed by atoms with E-state index in [1.54, 1.807) is 11.0 Å². The summed E-state index contributed by atoms with van der Waals surface area (Å²) in [7, 11) is 1.40. The van der Waals surface area contributed by atoms with Crippen molar-refractivity contribution in [1.82, 2.24) is 0 Å². The van der Waals surface area contributed by atoms with Crippen molar-refractivity contribution < 1.29 is 13.9 Å². The third kappa shape index (κ3) is 2.03. The Morgan fingerprint density at radius 2 is 2.05 bits per heavy atom. The van der Waals surface area contributed by atoms with Crippen molar-refractivity contribution in [2.24, 2.45) is 0 Å². The van der Waals surface area contributed by atoms with Crippen LogP contribution in [-0.2, 0) is 6.42 Å². The first-order valence-corrected chi connectivity index (χ1v) is 6.44. The lowest BCUT2D eigenvalue weighted by atomic mass is 10.1. The number of halogens is 1. The van der Waals surface area contributed by atoms with E-state index >= 15 is 0 Å². The Kier molecular flexibility index (Phi) is 3.14. The molecule has 0 aromatic heterocycles. The summed E-state index contributed by atoms with van der Waals surface area (Å²) in [5.74, 6) is -0.564. The van der Waals surface area contributed by atoms with E-state index in [0.717, 1.165) is 17.7 Å². The lowest BCUT2D eigenvalue weighted by Crippen LogP contribution is -2.28. The number of carbonyl (C=O) groups excluding carboxylic acids is 1. The van der Waals surface area contributed by atoms with E-state index in [1.807, 2.05) is 24.3 Å². The Labute approximate surface area is 116 Å². The molecular formula is C16H14FNO2. The summed E-state index contributed by atoms with van der Waals surface area (Å²) in [6.45, 7) is 0.631. The molecule has 2 aromatic rings. The van der Waals surface area contributed by atoms with Crippen LogP contribution in [0.5, 0.6) is 5.75 Å². The van der Waals surface area contributed by atoms with Crippen LogP contribution in [-0.4, -0.2) is 19.6 Å². The van der Waals surface area contributed by atoms with E-state index in [0.29, 0.717) is 12.1 Å². The Hall–Kier alpha value is -2.36. The Morgan fingerprint density at radius 3 is 2.80 bits per heavy atom. The molecule has 20 heavy (non-hydrogen) atoms. The van der Waals surface area contributed by atoms with Crippen LogP contribution < -0.4 is 9.64 Å². The van der Waals surface area contributed by atoms with Crippen LogP contribution in [0.4, 0.5) is 10.1 Å². The van der Waals surface area contributed by atoms with E-state index in [2.05, 4.69) is 0 Å². The number of methoxy groups -OCH3 is 1. The number of nitrogens with zero attached hydrogens (tertiary/aromatic N) is 1. The number of ether oxygens (including phenoxy) is 1. The second kappa shape index (κ2) is 4.96. The summed E-state index contributed by atoms with van der Waals surface area (Å²) in [6.07, 6.45) is 0.834. The molecule has 1 aliphatic rings. The molecular weight excluding hydrogens is 257 g/mol. The van der Waals surface area contributed by atoms with Crippen molar-refractivity contribution >= 4 is 11.6 Å². The van der Waals surface area contributed by atoms with Crippen molar-refractivity contribution in [3.63, 3.8) is 0 Å². The number of para-hydroxylation sites is 1. The zero-order valence-electron chi connectivity index (χ0n) is 11.1. The molecule has 0 bridgehead atoms. The average Bonchev–Trinajstić information content (AvgIpc) is 2.90. The molecule has 0 N–H and O–H groups in total. The highest BCUT2D eigenvalue weighted by atomic mass is 19.1. The predicted molar refractivity (Wildman–Crippen MR) is 74.8 cm³/mol. The molecule has 2 aromatic carbocycles. The largest absolute Gasteiger partial charge is 0.494 e. The first kappa shape index (κ1) is 12.7. The molecule has 0 radical (unpaired) electrons. The highest BCUT2D eigenvalue weighted by molar-refractivity contribution is 6.07. The van der Waals surface area contributed by atoms with E-state index in [1.165, 1.54) is 19.2 Å². The van der Waals surface area contributed by atoms with Crippen molar-refractivity contribution in [3.05, 3.63) is 59.4 Å². The van der Waals surface area contributed by atoms with Crippen LogP contribution in [0.15, 0.2) is 42.5 Å². The molecule has 4 heteroatoms. The normalized spacial score (nSPS) is 13.2. The number of anilines is 1. The molecule has 0 atom stereocenters. The number of hydrogen-bond donors (Lipinski definition) is 0. The Balaban J connectivity index is 1.93. The van der Waals surface area contributed by atoms with Crippen molar-refractivity contribution in [3.8, 4) is 5.75 Å². The van der Waals surface area contributed by atoms with Gasteiger partial charge in [0.15, 0.2) is 11.6 Å². The lowest BCUT2D eigenvalue weighted by molar-refractivity contribution is 0.0989.